The number of anilines is 1. The highest BCUT2D eigenvalue weighted by Gasteiger charge is 2.28. The largest absolute Gasteiger partial charge is 0.405 e. The Bertz CT molecular complexity index is 658. The second-order valence-electron chi connectivity index (χ2n) is 5.35. The summed E-state index contributed by atoms with van der Waals surface area (Å²) in [5, 5.41) is 4.04. The third-order valence-electron chi connectivity index (χ3n) is 3.42. The van der Waals surface area contributed by atoms with Gasteiger partial charge in [-0.15, -0.1) is 0 Å². The van der Waals surface area contributed by atoms with E-state index in [-0.39, 0.29) is 30.0 Å². The fraction of sp³-hybridized carbons (Fsp3) is 0.467. The van der Waals surface area contributed by atoms with E-state index in [9.17, 15) is 27.2 Å². The van der Waals surface area contributed by atoms with Crippen LogP contribution < -0.4 is 10.6 Å². The highest BCUT2D eigenvalue weighted by Crippen LogP contribution is 2.22. The number of carbonyl (C=O) groups excluding carboxylic acids is 2. The lowest BCUT2D eigenvalue weighted by Gasteiger charge is -2.22. The van der Waals surface area contributed by atoms with Crippen LogP contribution in [0.25, 0.3) is 0 Å². The predicted molar refractivity (Wildman–Crippen MR) is 78.7 cm³/mol. The summed E-state index contributed by atoms with van der Waals surface area (Å²) in [5.41, 5.74) is -0.336. The molecule has 6 nitrogen and oxygen atoms in total. The minimum absolute atomic E-state index is 0.0269. The topological polar surface area (TPSA) is 76.7 Å². The van der Waals surface area contributed by atoms with Gasteiger partial charge in [-0.3, -0.25) is 9.59 Å². The van der Waals surface area contributed by atoms with Crippen LogP contribution in [0.15, 0.2) is 12.1 Å². The van der Waals surface area contributed by atoms with Crippen molar-refractivity contribution in [2.24, 2.45) is 0 Å². The first kappa shape index (κ1) is 19.1. The van der Waals surface area contributed by atoms with Gasteiger partial charge in [0.15, 0.2) is 6.10 Å². The molecule has 1 aromatic carbocycles. The Labute approximate surface area is 140 Å². The molecule has 1 atom stereocenters. The van der Waals surface area contributed by atoms with E-state index < -0.39 is 36.5 Å². The molecule has 2 amide bonds. The van der Waals surface area contributed by atoms with Crippen LogP contribution in [0.4, 0.5) is 23.2 Å². The first-order valence-electron chi connectivity index (χ1n) is 7.32. The van der Waals surface area contributed by atoms with Gasteiger partial charge in [-0.2, -0.15) is 13.2 Å². The van der Waals surface area contributed by atoms with Gasteiger partial charge in [-0.05, 0) is 19.1 Å². The maximum absolute atomic E-state index is 14.0. The van der Waals surface area contributed by atoms with Crippen LogP contribution in [0.2, 0.25) is 0 Å². The molecule has 25 heavy (non-hydrogen) atoms. The molecule has 10 heteroatoms. The Morgan fingerprint density at radius 3 is 2.60 bits per heavy atom. The van der Waals surface area contributed by atoms with Crippen LogP contribution in [0.3, 0.4) is 0 Å². The molecule has 1 heterocycles. The van der Waals surface area contributed by atoms with Crippen molar-refractivity contribution in [3.8, 4) is 0 Å². The maximum Gasteiger partial charge on any atom is 0.405 e. The van der Waals surface area contributed by atoms with E-state index >= 15 is 0 Å². The summed E-state index contributed by atoms with van der Waals surface area (Å²) in [5.74, 6) is -2.55. The number of alkyl halides is 3. The molecule has 0 aliphatic carbocycles. The number of rotatable bonds is 4. The second kappa shape index (κ2) is 7.79. The van der Waals surface area contributed by atoms with Crippen LogP contribution in [0.5, 0.6) is 0 Å². The summed E-state index contributed by atoms with van der Waals surface area (Å²) in [6.07, 6.45) is -5.48. The molecule has 1 fully saturated rings. The van der Waals surface area contributed by atoms with Gasteiger partial charge in [0.2, 0.25) is 0 Å². The molecule has 2 rings (SSSR count). The summed E-state index contributed by atoms with van der Waals surface area (Å²) < 4.78 is 60.7. The summed E-state index contributed by atoms with van der Waals surface area (Å²) in [6, 6.07) is 1.91. The van der Waals surface area contributed by atoms with Gasteiger partial charge in [0.1, 0.15) is 12.4 Å². The predicted octanol–water partition coefficient (Wildman–Crippen LogP) is 1.78. The quantitative estimate of drug-likeness (QED) is 0.799. The molecule has 0 spiro atoms. The molecule has 0 aromatic heterocycles. The second-order valence-corrected chi connectivity index (χ2v) is 5.35. The van der Waals surface area contributed by atoms with Crippen molar-refractivity contribution < 1.29 is 36.6 Å². The molecule has 1 saturated heterocycles. The van der Waals surface area contributed by atoms with Gasteiger partial charge in [0, 0.05) is 16.8 Å². The zero-order chi connectivity index (χ0) is 18.6. The lowest BCUT2D eigenvalue weighted by atomic mass is 10.1. The first-order chi connectivity index (χ1) is 11.7. The SMILES string of the molecule is Cc1c(F)cc(C(=O)NCC(F)(F)F)cc1NC(=O)C1COCCO1. The molecule has 2 N–H and O–H groups in total. The van der Waals surface area contributed by atoms with Crippen molar-refractivity contribution in [1.29, 1.82) is 0 Å². The van der Waals surface area contributed by atoms with Gasteiger partial charge in [0.25, 0.3) is 11.8 Å². The minimum atomic E-state index is -4.59. The molecule has 1 unspecified atom stereocenters. The fourth-order valence-electron chi connectivity index (χ4n) is 2.07. The van der Waals surface area contributed by atoms with Crippen molar-refractivity contribution in [1.82, 2.24) is 5.32 Å². The van der Waals surface area contributed by atoms with Gasteiger partial charge in [0.05, 0.1) is 19.8 Å². The van der Waals surface area contributed by atoms with Crippen LogP contribution in [-0.2, 0) is 14.3 Å². The van der Waals surface area contributed by atoms with E-state index in [0.29, 0.717) is 6.61 Å². The molecule has 0 saturated carbocycles. The van der Waals surface area contributed by atoms with Crippen molar-refractivity contribution in [2.75, 3.05) is 31.7 Å². The Balaban J connectivity index is 2.13. The van der Waals surface area contributed by atoms with Crippen LogP contribution in [0.1, 0.15) is 15.9 Å². The third-order valence-corrected chi connectivity index (χ3v) is 3.42. The lowest BCUT2D eigenvalue weighted by molar-refractivity contribution is -0.142. The van der Waals surface area contributed by atoms with Crippen molar-refractivity contribution in [3.05, 3.63) is 29.1 Å². The maximum atomic E-state index is 14.0. The average molecular weight is 364 g/mol. The molecule has 0 radical (unpaired) electrons. The van der Waals surface area contributed by atoms with Crippen molar-refractivity contribution in [3.63, 3.8) is 0 Å². The monoisotopic (exact) mass is 364 g/mol. The summed E-state index contributed by atoms with van der Waals surface area (Å²) in [4.78, 5) is 23.8. The standard InChI is InChI=1S/C15H16F4N2O4/c1-8-10(16)4-9(13(22)20-7-15(17,18)19)5-11(8)21-14(23)12-6-24-2-3-25-12/h4-5,12H,2-3,6-7H2,1H3,(H,20,22)(H,21,23). The van der Waals surface area contributed by atoms with Crippen molar-refractivity contribution in [2.45, 2.75) is 19.2 Å². The van der Waals surface area contributed by atoms with E-state index in [4.69, 9.17) is 9.47 Å². The van der Waals surface area contributed by atoms with E-state index in [1.54, 1.807) is 5.32 Å². The smallest absolute Gasteiger partial charge is 0.376 e. The number of nitrogens with one attached hydrogen (secondary N) is 2. The molecule has 1 aliphatic heterocycles. The van der Waals surface area contributed by atoms with Crippen LogP contribution in [0, 0.1) is 12.7 Å². The van der Waals surface area contributed by atoms with E-state index in [1.807, 2.05) is 0 Å². The van der Waals surface area contributed by atoms with E-state index in [2.05, 4.69) is 5.32 Å². The molecule has 138 valence electrons. The lowest BCUT2D eigenvalue weighted by Crippen LogP contribution is -2.39. The Morgan fingerprint density at radius 2 is 2.00 bits per heavy atom. The van der Waals surface area contributed by atoms with Crippen LogP contribution in [-0.4, -0.2) is 50.5 Å². The number of hydrogen-bond donors (Lipinski definition) is 2. The molecule has 1 aromatic rings. The zero-order valence-electron chi connectivity index (χ0n) is 13.2. The summed E-state index contributed by atoms with van der Waals surface area (Å²) in [7, 11) is 0. The first-order valence-corrected chi connectivity index (χ1v) is 7.32. The fourth-order valence-corrected chi connectivity index (χ4v) is 2.07. The Kier molecular flexibility index (Phi) is 5.96. The highest BCUT2D eigenvalue weighted by atomic mass is 19.4. The summed E-state index contributed by atoms with van der Waals surface area (Å²) >= 11 is 0. The molecular formula is C15H16F4N2O4. The number of hydrogen-bond acceptors (Lipinski definition) is 4. The molecule has 1 aliphatic rings. The number of halogens is 4. The summed E-state index contributed by atoms with van der Waals surface area (Å²) in [6.45, 7) is 0.424. The number of amides is 2. The van der Waals surface area contributed by atoms with Gasteiger partial charge >= 0.3 is 6.18 Å². The number of benzene rings is 1. The number of carbonyl (C=O) groups is 2. The Morgan fingerprint density at radius 1 is 1.28 bits per heavy atom. The van der Waals surface area contributed by atoms with Gasteiger partial charge in [-0.25, -0.2) is 4.39 Å². The van der Waals surface area contributed by atoms with Crippen molar-refractivity contribution >= 4 is 17.5 Å². The zero-order valence-corrected chi connectivity index (χ0v) is 13.2. The van der Waals surface area contributed by atoms with Crippen LogP contribution >= 0.6 is 0 Å². The molecule has 0 bridgehead atoms. The van der Waals surface area contributed by atoms with E-state index in [1.165, 1.54) is 6.92 Å². The average Bonchev–Trinajstić information content (AvgIpc) is 2.56. The number of ether oxygens (including phenoxy) is 2. The molecular weight excluding hydrogens is 348 g/mol. The minimum Gasteiger partial charge on any atom is -0.376 e. The van der Waals surface area contributed by atoms with Gasteiger partial charge in [-0.1, -0.05) is 0 Å². The Hall–Kier alpha value is -2.20. The normalized spacial score (nSPS) is 17.9. The highest BCUT2D eigenvalue weighted by molar-refractivity contribution is 5.99. The van der Waals surface area contributed by atoms with E-state index in [0.717, 1.165) is 12.1 Å². The van der Waals surface area contributed by atoms with Gasteiger partial charge < -0.3 is 20.1 Å². The third kappa shape index (κ3) is 5.40.